The first kappa shape index (κ1) is 9.02. The Morgan fingerprint density at radius 1 is 1.50 bits per heavy atom. The van der Waals surface area contributed by atoms with Crippen LogP contribution in [0.2, 0.25) is 0 Å². The van der Waals surface area contributed by atoms with Crippen LogP contribution in [0.25, 0.3) is 5.65 Å². The van der Waals surface area contributed by atoms with E-state index in [1.54, 1.807) is 24.4 Å². The molecular formula is C9H8ClN3O. The molecule has 72 valence electrons. The van der Waals surface area contributed by atoms with Gasteiger partial charge in [-0.15, -0.1) is 5.10 Å². The van der Waals surface area contributed by atoms with E-state index in [1.165, 1.54) is 14.6 Å². The molecule has 2 heterocycles. The molecule has 0 aromatic carbocycles. The smallest absolute Gasteiger partial charge is 0.250 e. The summed E-state index contributed by atoms with van der Waals surface area (Å²) in [5.74, 6) is 0. The van der Waals surface area contributed by atoms with Crippen LogP contribution in [0, 0.1) is 0 Å². The molecule has 0 aliphatic heterocycles. The van der Waals surface area contributed by atoms with Crippen LogP contribution in [0.5, 0.6) is 0 Å². The Morgan fingerprint density at radius 2 is 2.36 bits per heavy atom. The number of allylic oxidation sites excluding steroid dienone is 1. The van der Waals surface area contributed by atoms with Crippen LogP contribution in [0.15, 0.2) is 40.8 Å². The van der Waals surface area contributed by atoms with Crippen LogP contribution in [0.3, 0.4) is 0 Å². The van der Waals surface area contributed by atoms with Crippen LogP contribution in [-0.4, -0.2) is 14.2 Å². The van der Waals surface area contributed by atoms with E-state index in [-0.39, 0.29) is 5.69 Å². The third kappa shape index (κ3) is 1.44. The average Bonchev–Trinajstić information content (AvgIpc) is 2.54. The minimum Gasteiger partial charge on any atom is -0.250 e. The number of pyridine rings is 1. The first-order valence-electron chi connectivity index (χ1n) is 4.12. The normalized spacial score (nSPS) is 11.5. The number of hydrogen-bond acceptors (Lipinski definition) is 2. The quantitative estimate of drug-likeness (QED) is 0.747. The Balaban J connectivity index is 2.57. The molecule has 0 bridgehead atoms. The third-order valence-corrected chi connectivity index (χ3v) is 2.03. The fraction of sp³-hybridized carbons (Fsp3) is 0.111. The number of fused-ring (bicyclic) bond motifs is 1. The van der Waals surface area contributed by atoms with E-state index in [1.807, 2.05) is 6.07 Å². The standard InChI is InChI=1S/C9H8ClN3O/c10-5-3-7-13-9(14)12-6-2-1-4-8(12)11-13/h1-6H,7H2/b5-3+. The van der Waals surface area contributed by atoms with Gasteiger partial charge in [-0.25, -0.2) is 9.48 Å². The molecule has 2 aromatic heterocycles. The largest absolute Gasteiger partial charge is 0.350 e. The highest BCUT2D eigenvalue weighted by Crippen LogP contribution is 1.95. The van der Waals surface area contributed by atoms with Crippen molar-refractivity contribution in [3.8, 4) is 0 Å². The van der Waals surface area contributed by atoms with Crippen molar-refractivity contribution in [2.75, 3.05) is 0 Å². The zero-order chi connectivity index (χ0) is 9.97. The summed E-state index contributed by atoms with van der Waals surface area (Å²) in [6, 6.07) is 5.41. The predicted molar refractivity (Wildman–Crippen MR) is 54.4 cm³/mol. The molecule has 0 saturated heterocycles. The fourth-order valence-corrected chi connectivity index (χ4v) is 1.31. The van der Waals surface area contributed by atoms with E-state index in [0.717, 1.165) is 0 Å². The Labute approximate surface area is 85.0 Å². The number of rotatable bonds is 2. The third-order valence-electron chi connectivity index (χ3n) is 1.86. The van der Waals surface area contributed by atoms with Gasteiger partial charge in [0, 0.05) is 11.7 Å². The van der Waals surface area contributed by atoms with Crippen LogP contribution < -0.4 is 5.69 Å². The Kier molecular flexibility index (Phi) is 2.37. The van der Waals surface area contributed by atoms with Gasteiger partial charge < -0.3 is 0 Å². The number of halogens is 1. The molecule has 0 amide bonds. The Bertz CT molecular complexity index is 526. The summed E-state index contributed by atoms with van der Waals surface area (Å²) >= 11 is 5.37. The van der Waals surface area contributed by atoms with Gasteiger partial charge in [0.1, 0.15) is 0 Å². The summed E-state index contributed by atoms with van der Waals surface area (Å²) in [7, 11) is 0. The van der Waals surface area contributed by atoms with Gasteiger partial charge in [-0.3, -0.25) is 4.40 Å². The Morgan fingerprint density at radius 3 is 3.07 bits per heavy atom. The molecule has 0 N–H and O–H groups in total. The number of aromatic nitrogens is 3. The SMILES string of the molecule is O=c1n(C/C=C/Cl)nc2ccccn12. The van der Waals surface area contributed by atoms with E-state index in [9.17, 15) is 4.79 Å². The van der Waals surface area contributed by atoms with Crippen LogP contribution >= 0.6 is 11.6 Å². The highest BCUT2D eigenvalue weighted by molar-refractivity contribution is 6.25. The first-order valence-corrected chi connectivity index (χ1v) is 4.56. The molecule has 0 aliphatic rings. The van der Waals surface area contributed by atoms with Gasteiger partial charge in [-0.2, -0.15) is 0 Å². The molecule has 5 heteroatoms. The summed E-state index contributed by atoms with van der Waals surface area (Å²) in [4.78, 5) is 11.6. The molecule has 14 heavy (non-hydrogen) atoms. The van der Waals surface area contributed by atoms with Crippen molar-refractivity contribution < 1.29 is 0 Å². The van der Waals surface area contributed by atoms with E-state index < -0.39 is 0 Å². The van der Waals surface area contributed by atoms with Crippen molar-refractivity contribution in [1.82, 2.24) is 14.2 Å². The van der Waals surface area contributed by atoms with E-state index >= 15 is 0 Å². The van der Waals surface area contributed by atoms with Gasteiger partial charge in [0.25, 0.3) is 0 Å². The molecule has 0 unspecified atom stereocenters. The lowest BCUT2D eigenvalue weighted by Gasteiger charge is -1.88. The average molecular weight is 210 g/mol. The van der Waals surface area contributed by atoms with Gasteiger partial charge in [-0.1, -0.05) is 23.7 Å². The molecule has 0 saturated carbocycles. The molecule has 4 nitrogen and oxygen atoms in total. The Hall–Kier alpha value is -1.55. The van der Waals surface area contributed by atoms with Crippen LogP contribution in [0.1, 0.15) is 0 Å². The van der Waals surface area contributed by atoms with E-state index in [2.05, 4.69) is 5.10 Å². The maximum atomic E-state index is 11.6. The van der Waals surface area contributed by atoms with Crippen molar-refractivity contribution in [2.24, 2.45) is 0 Å². The van der Waals surface area contributed by atoms with Crippen molar-refractivity contribution >= 4 is 17.2 Å². The molecular weight excluding hydrogens is 202 g/mol. The van der Waals surface area contributed by atoms with Crippen LogP contribution in [0.4, 0.5) is 0 Å². The molecule has 0 aliphatic carbocycles. The van der Waals surface area contributed by atoms with Gasteiger partial charge in [-0.05, 0) is 12.1 Å². The van der Waals surface area contributed by atoms with Crippen LogP contribution in [-0.2, 0) is 6.54 Å². The minimum atomic E-state index is -0.157. The number of nitrogens with zero attached hydrogens (tertiary/aromatic N) is 3. The zero-order valence-corrected chi connectivity index (χ0v) is 8.05. The first-order chi connectivity index (χ1) is 6.83. The molecule has 2 aromatic rings. The van der Waals surface area contributed by atoms with Crippen molar-refractivity contribution in [3.63, 3.8) is 0 Å². The highest BCUT2D eigenvalue weighted by atomic mass is 35.5. The molecule has 0 atom stereocenters. The lowest BCUT2D eigenvalue weighted by atomic mass is 10.5. The van der Waals surface area contributed by atoms with Crippen molar-refractivity contribution in [3.05, 3.63) is 46.5 Å². The van der Waals surface area contributed by atoms with E-state index in [4.69, 9.17) is 11.6 Å². The second-order valence-corrected chi connectivity index (χ2v) is 3.01. The molecule has 2 rings (SSSR count). The predicted octanol–water partition coefficient (Wildman–Crippen LogP) is 1.25. The van der Waals surface area contributed by atoms with Crippen molar-refractivity contribution in [1.29, 1.82) is 0 Å². The lowest BCUT2D eigenvalue weighted by molar-refractivity contribution is 0.672. The lowest BCUT2D eigenvalue weighted by Crippen LogP contribution is -2.20. The summed E-state index contributed by atoms with van der Waals surface area (Å²) in [6.45, 7) is 0.393. The molecule has 0 radical (unpaired) electrons. The second-order valence-electron chi connectivity index (χ2n) is 2.76. The van der Waals surface area contributed by atoms with Gasteiger partial charge in [0.2, 0.25) is 0 Å². The topological polar surface area (TPSA) is 39.3 Å². The second kappa shape index (κ2) is 3.67. The van der Waals surface area contributed by atoms with Gasteiger partial charge in [0.05, 0.1) is 6.54 Å². The summed E-state index contributed by atoms with van der Waals surface area (Å²) in [6.07, 6.45) is 3.35. The summed E-state index contributed by atoms with van der Waals surface area (Å²) in [5.41, 5.74) is 1.85. The molecule has 0 fully saturated rings. The monoisotopic (exact) mass is 209 g/mol. The maximum absolute atomic E-state index is 11.6. The van der Waals surface area contributed by atoms with E-state index in [0.29, 0.717) is 12.2 Å². The zero-order valence-electron chi connectivity index (χ0n) is 7.30. The number of hydrogen-bond donors (Lipinski definition) is 0. The van der Waals surface area contributed by atoms with Gasteiger partial charge in [0.15, 0.2) is 5.65 Å². The minimum absolute atomic E-state index is 0.157. The molecule has 0 spiro atoms. The summed E-state index contributed by atoms with van der Waals surface area (Å²) < 4.78 is 2.84. The summed E-state index contributed by atoms with van der Waals surface area (Å²) in [5, 5.41) is 4.11. The van der Waals surface area contributed by atoms with Gasteiger partial charge >= 0.3 is 5.69 Å². The fourth-order valence-electron chi connectivity index (χ4n) is 1.23. The van der Waals surface area contributed by atoms with Crippen molar-refractivity contribution in [2.45, 2.75) is 6.54 Å². The highest BCUT2D eigenvalue weighted by Gasteiger charge is 2.02. The maximum Gasteiger partial charge on any atom is 0.350 e.